The number of anilines is 1. The Balaban J connectivity index is 1.54. The van der Waals surface area contributed by atoms with Crippen molar-refractivity contribution in [1.29, 1.82) is 0 Å². The lowest BCUT2D eigenvalue weighted by Crippen LogP contribution is -2.35. The first-order chi connectivity index (χ1) is 12.6. The Labute approximate surface area is 150 Å². The Kier molecular flexibility index (Phi) is 5.98. The zero-order valence-electron chi connectivity index (χ0n) is 14.6. The molecule has 1 aliphatic heterocycles. The largest absolute Gasteiger partial charge is 0.477 e. The van der Waals surface area contributed by atoms with E-state index in [9.17, 15) is 9.59 Å². The van der Waals surface area contributed by atoms with Crippen molar-refractivity contribution in [3.63, 3.8) is 0 Å². The second kappa shape index (κ2) is 8.59. The first kappa shape index (κ1) is 18.1. The molecular weight excluding hydrogens is 338 g/mol. The number of rotatable bonds is 6. The van der Waals surface area contributed by atoms with E-state index in [1.54, 1.807) is 12.3 Å². The van der Waals surface area contributed by atoms with Crippen molar-refractivity contribution in [1.82, 2.24) is 9.88 Å². The summed E-state index contributed by atoms with van der Waals surface area (Å²) < 4.78 is 16.0. The van der Waals surface area contributed by atoms with Gasteiger partial charge in [-0.25, -0.2) is 4.98 Å². The predicted molar refractivity (Wildman–Crippen MR) is 94.2 cm³/mol. The topological polar surface area (TPSA) is 93.9 Å². The standard InChI is InChI=1S/C18H21N3O5/c1-13-3-2-4-19-18(13)20-17(23)12-26-16-11-25-14(9-15(16)22)10-21-5-7-24-8-6-21/h2-4,9,11H,5-8,10,12H2,1H3,(H,19,20,23). The van der Waals surface area contributed by atoms with Gasteiger partial charge in [0.25, 0.3) is 5.91 Å². The lowest BCUT2D eigenvalue weighted by Gasteiger charge is -2.25. The van der Waals surface area contributed by atoms with Crippen LogP contribution in [0.2, 0.25) is 0 Å². The first-order valence-corrected chi connectivity index (χ1v) is 8.38. The Bertz CT molecular complexity index is 814. The number of hydrogen-bond donors (Lipinski definition) is 1. The fourth-order valence-electron chi connectivity index (χ4n) is 2.53. The average molecular weight is 359 g/mol. The summed E-state index contributed by atoms with van der Waals surface area (Å²) >= 11 is 0. The van der Waals surface area contributed by atoms with E-state index in [-0.39, 0.29) is 17.8 Å². The molecule has 1 aliphatic rings. The highest BCUT2D eigenvalue weighted by molar-refractivity contribution is 5.91. The number of pyridine rings is 1. The molecule has 0 saturated carbocycles. The van der Waals surface area contributed by atoms with Gasteiger partial charge in [0, 0.05) is 25.4 Å². The molecule has 3 heterocycles. The fourth-order valence-corrected chi connectivity index (χ4v) is 2.53. The molecule has 0 bridgehead atoms. The Morgan fingerprint density at radius 3 is 2.92 bits per heavy atom. The monoisotopic (exact) mass is 359 g/mol. The summed E-state index contributed by atoms with van der Waals surface area (Å²) in [5.41, 5.74) is 0.522. The van der Waals surface area contributed by atoms with E-state index in [2.05, 4.69) is 15.2 Å². The Morgan fingerprint density at radius 1 is 1.38 bits per heavy atom. The van der Waals surface area contributed by atoms with E-state index in [4.69, 9.17) is 13.9 Å². The molecule has 3 rings (SSSR count). The van der Waals surface area contributed by atoms with Crippen molar-refractivity contribution in [2.75, 3.05) is 38.2 Å². The number of hydrogen-bond acceptors (Lipinski definition) is 7. The normalized spacial score (nSPS) is 14.8. The lowest BCUT2D eigenvalue weighted by atomic mass is 10.3. The fraction of sp³-hybridized carbons (Fsp3) is 0.389. The van der Waals surface area contributed by atoms with Gasteiger partial charge in [-0.05, 0) is 18.6 Å². The van der Waals surface area contributed by atoms with Crippen LogP contribution in [0.15, 0.2) is 39.9 Å². The minimum Gasteiger partial charge on any atom is -0.477 e. The number of nitrogens with zero attached hydrogens (tertiary/aromatic N) is 2. The molecule has 2 aromatic heterocycles. The summed E-state index contributed by atoms with van der Waals surface area (Å²) in [7, 11) is 0. The first-order valence-electron chi connectivity index (χ1n) is 8.38. The number of aryl methyl sites for hydroxylation is 1. The van der Waals surface area contributed by atoms with Gasteiger partial charge in [0.1, 0.15) is 17.8 Å². The zero-order valence-corrected chi connectivity index (χ0v) is 14.6. The van der Waals surface area contributed by atoms with Crippen LogP contribution in [0.4, 0.5) is 5.82 Å². The summed E-state index contributed by atoms with van der Waals surface area (Å²) in [6, 6.07) is 5.02. The maximum atomic E-state index is 12.1. The van der Waals surface area contributed by atoms with Crippen LogP contribution < -0.4 is 15.5 Å². The van der Waals surface area contributed by atoms with Crippen LogP contribution in [0.3, 0.4) is 0 Å². The third-order valence-corrected chi connectivity index (χ3v) is 3.96. The maximum absolute atomic E-state index is 12.1. The van der Waals surface area contributed by atoms with Crippen molar-refractivity contribution >= 4 is 11.7 Å². The van der Waals surface area contributed by atoms with Gasteiger partial charge < -0.3 is 19.2 Å². The third-order valence-electron chi connectivity index (χ3n) is 3.96. The van der Waals surface area contributed by atoms with Gasteiger partial charge in [0.2, 0.25) is 11.2 Å². The quantitative estimate of drug-likeness (QED) is 0.828. The minimum absolute atomic E-state index is 0.00335. The number of morpholine rings is 1. The second-order valence-corrected chi connectivity index (χ2v) is 5.97. The molecule has 1 fully saturated rings. The van der Waals surface area contributed by atoms with E-state index in [1.165, 1.54) is 12.3 Å². The molecule has 0 atom stereocenters. The zero-order chi connectivity index (χ0) is 18.4. The molecule has 0 aromatic carbocycles. The van der Waals surface area contributed by atoms with Gasteiger partial charge in [-0.2, -0.15) is 0 Å². The SMILES string of the molecule is Cc1cccnc1NC(=O)COc1coc(CN2CCOCC2)cc1=O. The lowest BCUT2D eigenvalue weighted by molar-refractivity contribution is -0.118. The smallest absolute Gasteiger partial charge is 0.263 e. The summed E-state index contributed by atoms with van der Waals surface area (Å²) in [6.45, 7) is 5.03. The van der Waals surface area contributed by atoms with E-state index in [0.29, 0.717) is 31.3 Å². The molecule has 138 valence electrons. The van der Waals surface area contributed by atoms with Gasteiger partial charge in [0.15, 0.2) is 6.61 Å². The molecular formula is C18H21N3O5. The molecule has 0 radical (unpaired) electrons. The number of nitrogens with one attached hydrogen (secondary N) is 1. The van der Waals surface area contributed by atoms with Crippen molar-refractivity contribution in [2.24, 2.45) is 0 Å². The Morgan fingerprint density at radius 2 is 2.19 bits per heavy atom. The molecule has 8 heteroatoms. The third kappa shape index (κ3) is 4.90. The van der Waals surface area contributed by atoms with Gasteiger partial charge in [-0.1, -0.05) is 6.07 Å². The van der Waals surface area contributed by atoms with Crippen LogP contribution in [0.25, 0.3) is 0 Å². The maximum Gasteiger partial charge on any atom is 0.263 e. The highest BCUT2D eigenvalue weighted by Gasteiger charge is 2.14. The molecule has 1 amide bonds. The second-order valence-electron chi connectivity index (χ2n) is 5.97. The molecule has 0 unspecified atom stereocenters. The highest BCUT2D eigenvalue weighted by Crippen LogP contribution is 2.11. The van der Waals surface area contributed by atoms with Gasteiger partial charge in [-0.3, -0.25) is 14.5 Å². The molecule has 1 saturated heterocycles. The van der Waals surface area contributed by atoms with E-state index >= 15 is 0 Å². The summed E-state index contributed by atoms with van der Waals surface area (Å²) in [6.07, 6.45) is 2.84. The summed E-state index contributed by atoms with van der Waals surface area (Å²) in [4.78, 5) is 30.3. The van der Waals surface area contributed by atoms with E-state index in [1.807, 2.05) is 13.0 Å². The van der Waals surface area contributed by atoms with Crippen LogP contribution in [0, 0.1) is 6.92 Å². The van der Waals surface area contributed by atoms with Crippen LogP contribution in [-0.2, 0) is 16.1 Å². The minimum atomic E-state index is -0.399. The van der Waals surface area contributed by atoms with E-state index < -0.39 is 5.91 Å². The number of ether oxygens (including phenoxy) is 2. The molecule has 1 N–H and O–H groups in total. The van der Waals surface area contributed by atoms with Gasteiger partial charge in [0.05, 0.1) is 19.8 Å². The summed E-state index contributed by atoms with van der Waals surface area (Å²) in [5, 5.41) is 2.64. The van der Waals surface area contributed by atoms with Crippen molar-refractivity contribution in [2.45, 2.75) is 13.5 Å². The molecule has 0 spiro atoms. The van der Waals surface area contributed by atoms with Crippen molar-refractivity contribution in [3.05, 3.63) is 52.2 Å². The molecule has 2 aromatic rings. The number of carbonyl (C=O) groups excluding carboxylic acids is 1. The number of aromatic nitrogens is 1. The van der Waals surface area contributed by atoms with Crippen LogP contribution >= 0.6 is 0 Å². The van der Waals surface area contributed by atoms with E-state index in [0.717, 1.165) is 18.7 Å². The van der Waals surface area contributed by atoms with Crippen molar-refractivity contribution < 1.29 is 18.7 Å². The average Bonchev–Trinajstić information content (AvgIpc) is 2.64. The molecule has 26 heavy (non-hydrogen) atoms. The van der Waals surface area contributed by atoms with Crippen LogP contribution in [0.1, 0.15) is 11.3 Å². The summed E-state index contributed by atoms with van der Waals surface area (Å²) in [5.74, 6) is 0.624. The highest BCUT2D eigenvalue weighted by atomic mass is 16.5. The van der Waals surface area contributed by atoms with Crippen LogP contribution in [-0.4, -0.2) is 48.7 Å². The number of carbonyl (C=O) groups is 1. The predicted octanol–water partition coefficient (Wildman–Crippen LogP) is 1.19. The van der Waals surface area contributed by atoms with Crippen LogP contribution in [0.5, 0.6) is 5.75 Å². The van der Waals surface area contributed by atoms with Gasteiger partial charge in [-0.15, -0.1) is 0 Å². The van der Waals surface area contributed by atoms with Crippen molar-refractivity contribution in [3.8, 4) is 5.75 Å². The Hall–Kier alpha value is -2.71. The molecule has 0 aliphatic carbocycles. The molecule has 8 nitrogen and oxygen atoms in total. The van der Waals surface area contributed by atoms with Gasteiger partial charge >= 0.3 is 0 Å². The number of amides is 1.